The summed E-state index contributed by atoms with van der Waals surface area (Å²) in [6.07, 6.45) is 10.6. The van der Waals surface area contributed by atoms with Crippen LogP contribution in [0.15, 0.2) is 24.4 Å². The van der Waals surface area contributed by atoms with Gasteiger partial charge in [-0.05, 0) is 44.2 Å². The first kappa shape index (κ1) is 15.5. The van der Waals surface area contributed by atoms with E-state index in [1.807, 2.05) is 18.2 Å². The summed E-state index contributed by atoms with van der Waals surface area (Å²) in [6.45, 7) is 1.34. The Labute approximate surface area is 132 Å². The molecule has 2 aliphatic rings. The van der Waals surface area contributed by atoms with E-state index in [-0.39, 0.29) is 12.0 Å². The van der Waals surface area contributed by atoms with Gasteiger partial charge < -0.3 is 9.64 Å². The van der Waals surface area contributed by atoms with Crippen molar-refractivity contribution in [1.29, 1.82) is 0 Å². The molecule has 1 saturated carbocycles. The Kier molecular flexibility index (Phi) is 5.43. The van der Waals surface area contributed by atoms with Crippen molar-refractivity contribution in [1.82, 2.24) is 9.88 Å². The number of hydrogen-bond acceptors (Lipinski definition) is 3. The van der Waals surface area contributed by atoms with E-state index in [4.69, 9.17) is 4.74 Å². The van der Waals surface area contributed by atoms with Crippen LogP contribution in [0.1, 0.15) is 57.1 Å². The number of carbonyl (C=O) groups is 1. The lowest BCUT2D eigenvalue weighted by Gasteiger charge is -2.37. The van der Waals surface area contributed by atoms with E-state index in [1.165, 1.54) is 19.3 Å². The highest BCUT2D eigenvalue weighted by Gasteiger charge is 2.32. The minimum Gasteiger partial charge on any atom is -0.368 e. The van der Waals surface area contributed by atoms with Crippen molar-refractivity contribution in [3.8, 4) is 0 Å². The maximum Gasteiger partial charge on any atom is 0.252 e. The summed E-state index contributed by atoms with van der Waals surface area (Å²) in [5.74, 6) is 0.178. The highest BCUT2D eigenvalue weighted by atomic mass is 16.5. The number of nitrogens with zero attached hydrogens (tertiary/aromatic N) is 2. The molecule has 1 aliphatic heterocycles. The fourth-order valence-electron chi connectivity index (χ4n) is 3.57. The van der Waals surface area contributed by atoms with Gasteiger partial charge in [0.05, 0.1) is 12.2 Å². The Hall–Kier alpha value is -1.42. The van der Waals surface area contributed by atoms with Crippen LogP contribution in [0.5, 0.6) is 0 Å². The molecular formula is C18H26N2O2. The number of hydrogen-bond donors (Lipinski definition) is 0. The van der Waals surface area contributed by atoms with Gasteiger partial charge in [0, 0.05) is 18.8 Å². The van der Waals surface area contributed by atoms with E-state index in [1.54, 1.807) is 6.20 Å². The van der Waals surface area contributed by atoms with Crippen LogP contribution < -0.4 is 0 Å². The summed E-state index contributed by atoms with van der Waals surface area (Å²) in [5, 5.41) is 0. The minimum absolute atomic E-state index is 0.178. The number of amides is 1. The SMILES string of the molecule is O=C([C@@H]1CCCCO1)N(Cc1ccccn1)C1CCCCC1. The van der Waals surface area contributed by atoms with Gasteiger partial charge in [-0.3, -0.25) is 9.78 Å². The van der Waals surface area contributed by atoms with Crippen LogP contribution in [0.3, 0.4) is 0 Å². The second-order valence-corrected chi connectivity index (χ2v) is 6.43. The van der Waals surface area contributed by atoms with Crippen LogP contribution in [0.2, 0.25) is 0 Å². The largest absolute Gasteiger partial charge is 0.368 e. The molecule has 120 valence electrons. The lowest BCUT2D eigenvalue weighted by Crippen LogP contribution is -2.47. The molecule has 0 unspecified atom stereocenters. The van der Waals surface area contributed by atoms with Crippen molar-refractivity contribution in [2.45, 2.75) is 70.1 Å². The predicted octanol–water partition coefficient (Wildman–Crippen LogP) is 3.31. The maximum absolute atomic E-state index is 13.0. The molecule has 0 aromatic carbocycles. The zero-order valence-electron chi connectivity index (χ0n) is 13.2. The molecule has 0 bridgehead atoms. The van der Waals surface area contributed by atoms with Crippen LogP contribution in [-0.4, -0.2) is 34.5 Å². The van der Waals surface area contributed by atoms with Crippen molar-refractivity contribution < 1.29 is 9.53 Å². The van der Waals surface area contributed by atoms with Gasteiger partial charge in [0.1, 0.15) is 6.10 Å². The monoisotopic (exact) mass is 302 g/mol. The number of ether oxygens (including phenoxy) is 1. The first-order valence-corrected chi connectivity index (χ1v) is 8.66. The number of pyridine rings is 1. The molecule has 3 rings (SSSR count). The van der Waals surface area contributed by atoms with Crippen LogP contribution in [0.4, 0.5) is 0 Å². The van der Waals surface area contributed by atoms with Gasteiger partial charge in [0.15, 0.2) is 0 Å². The third kappa shape index (κ3) is 3.86. The molecule has 1 aliphatic carbocycles. The molecular weight excluding hydrogens is 276 g/mol. The molecule has 22 heavy (non-hydrogen) atoms. The van der Waals surface area contributed by atoms with Crippen LogP contribution in [-0.2, 0) is 16.1 Å². The Morgan fingerprint density at radius 1 is 1.14 bits per heavy atom. The highest BCUT2D eigenvalue weighted by Crippen LogP contribution is 2.26. The van der Waals surface area contributed by atoms with Crippen molar-refractivity contribution >= 4 is 5.91 Å². The van der Waals surface area contributed by atoms with E-state index < -0.39 is 0 Å². The van der Waals surface area contributed by atoms with E-state index >= 15 is 0 Å². The van der Waals surface area contributed by atoms with Gasteiger partial charge >= 0.3 is 0 Å². The standard InChI is InChI=1S/C18H26N2O2/c21-18(17-11-5-7-13-22-17)20(16-9-2-1-3-10-16)14-15-8-4-6-12-19-15/h4,6,8,12,16-17H,1-3,5,7,9-11,13-14H2/t17-/m0/s1. The van der Waals surface area contributed by atoms with Crippen molar-refractivity contribution in [2.75, 3.05) is 6.61 Å². The van der Waals surface area contributed by atoms with Crippen LogP contribution >= 0.6 is 0 Å². The molecule has 4 nitrogen and oxygen atoms in total. The summed E-state index contributed by atoms with van der Waals surface area (Å²) in [7, 11) is 0. The fourth-order valence-corrected chi connectivity index (χ4v) is 3.57. The maximum atomic E-state index is 13.0. The molecule has 2 fully saturated rings. The average molecular weight is 302 g/mol. The second kappa shape index (κ2) is 7.73. The quantitative estimate of drug-likeness (QED) is 0.857. The second-order valence-electron chi connectivity index (χ2n) is 6.43. The van der Waals surface area contributed by atoms with Crippen molar-refractivity contribution in [3.63, 3.8) is 0 Å². The first-order chi connectivity index (χ1) is 10.8. The third-order valence-electron chi connectivity index (χ3n) is 4.81. The number of rotatable bonds is 4. The Bertz CT molecular complexity index is 465. The molecule has 4 heteroatoms. The molecule has 1 aromatic heterocycles. The molecule has 2 heterocycles. The van der Waals surface area contributed by atoms with Crippen LogP contribution in [0.25, 0.3) is 0 Å². The van der Waals surface area contributed by atoms with Crippen molar-refractivity contribution in [3.05, 3.63) is 30.1 Å². The molecule has 0 radical (unpaired) electrons. The van der Waals surface area contributed by atoms with E-state index in [0.29, 0.717) is 12.6 Å². The topological polar surface area (TPSA) is 42.4 Å². The summed E-state index contributed by atoms with van der Waals surface area (Å²) < 4.78 is 5.74. The number of carbonyl (C=O) groups excluding carboxylic acids is 1. The molecule has 1 atom stereocenters. The fraction of sp³-hybridized carbons (Fsp3) is 0.667. The smallest absolute Gasteiger partial charge is 0.252 e. The Morgan fingerprint density at radius 3 is 2.64 bits per heavy atom. The van der Waals surface area contributed by atoms with E-state index in [9.17, 15) is 4.79 Å². The summed E-state index contributed by atoms with van der Waals surface area (Å²) in [6, 6.07) is 6.27. The first-order valence-electron chi connectivity index (χ1n) is 8.66. The molecule has 0 spiro atoms. The van der Waals surface area contributed by atoms with Gasteiger partial charge in [-0.1, -0.05) is 25.3 Å². The lowest BCUT2D eigenvalue weighted by molar-refractivity contribution is -0.150. The summed E-state index contributed by atoms with van der Waals surface area (Å²) in [5.41, 5.74) is 0.970. The zero-order chi connectivity index (χ0) is 15.2. The van der Waals surface area contributed by atoms with Gasteiger partial charge in [-0.2, -0.15) is 0 Å². The van der Waals surface area contributed by atoms with E-state index in [2.05, 4.69) is 9.88 Å². The van der Waals surface area contributed by atoms with E-state index in [0.717, 1.165) is 44.4 Å². The molecule has 1 saturated heterocycles. The molecule has 1 aromatic rings. The predicted molar refractivity (Wildman–Crippen MR) is 85.3 cm³/mol. The summed E-state index contributed by atoms with van der Waals surface area (Å²) in [4.78, 5) is 19.4. The highest BCUT2D eigenvalue weighted by molar-refractivity contribution is 5.81. The van der Waals surface area contributed by atoms with Crippen LogP contribution in [0, 0.1) is 0 Å². The summed E-state index contributed by atoms with van der Waals surface area (Å²) >= 11 is 0. The number of aromatic nitrogens is 1. The van der Waals surface area contributed by atoms with Gasteiger partial charge in [-0.15, -0.1) is 0 Å². The molecule has 0 N–H and O–H groups in total. The lowest BCUT2D eigenvalue weighted by atomic mass is 9.93. The Balaban J connectivity index is 1.73. The van der Waals surface area contributed by atoms with Crippen molar-refractivity contribution in [2.24, 2.45) is 0 Å². The minimum atomic E-state index is -0.237. The average Bonchev–Trinajstić information content (AvgIpc) is 2.61. The van der Waals surface area contributed by atoms with Gasteiger partial charge in [0.2, 0.25) is 0 Å². The normalized spacial score (nSPS) is 23.2. The zero-order valence-corrected chi connectivity index (χ0v) is 13.2. The Morgan fingerprint density at radius 2 is 1.95 bits per heavy atom. The third-order valence-corrected chi connectivity index (χ3v) is 4.81. The van der Waals surface area contributed by atoms with Gasteiger partial charge in [0.25, 0.3) is 5.91 Å². The van der Waals surface area contributed by atoms with Gasteiger partial charge in [-0.25, -0.2) is 0 Å². The molecule has 1 amide bonds.